The van der Waals surface area contributed by atoms with Crippen LogP contribution >= 0.6 is 11.6 Å². The zero-order chi connectivity index (χ0) is 23.3. The van der Waals surface area contributed by atoms with Gasteiger partial charge in [-0.2, -0.15) is 18.2 Å². The van der Waals surface area contributed by atoms with Crippen molar-refractivity contribution in [3.05, 3.63) is 59.4 Å². The smallest absolute Gasteiger partial charge is 0.253 e. The van der Waals surface area contributed by atoms with Gasteiger partial charge in [-0.25, -0.2) is 22.3 Å². The first-order valence-electron chi connectivity index (χ1n) is 8.99. The van der Waals surface area contributed by atoms with Crippen LogP contribution in [0.1, 0.15) is 12.7 Å². The third-order valence-electron chi connectivity index (χ3n) is 4.52. The van der Waals surface area contributed by atoms with Crippen molar-refractivity contribution in [2.24, 2.45) is 0 Å². The maximum absolute atomic E-state index is 13.9. The second-order valence-electron chi connectivity index (χ2n) is 6.59. The van der Waals surface area contributed by atoms with E-state index in [1.54, 1.807) is 0 Å². The van der Waals surface area contributed by atoms with Crippen LogP contribution in [0.5, 0.6) is 0 Å². The standard InChI is InChI=1S/C19H12ClF4N5O2S/c1-2-32(30,31)15-8-11(10-3-4-12(20)13(21)7-10)9-25-16(15)14-5-6-29-18(26-14)27-17(28-29)19(22,23)24/h3-9H,2H2,1H3. The van der Waals surface area contributed by atoms with Gasteiger partial charge in [-0.3, -0.25) is 4.98 Å². The first-order chi connectivity index (χ1) is 15.0. The Morgan fingerprint density at radius 2 is 1.84 bits per heavy atom. The molecular weight excluding hydrogens is 474 g/mol. The molecule has 0 fully saturated rings. The molecule has 4 aromatic rings. The highest BCUT2D eigenvalue weighted by atomic mass is 35.5. The van der Waals surface area contributed by atoms with Crippen LogP contribution in [0.15, 0.2) is 47.6 Å². The predicted octanol–water partition coefficient (Wildman–Crippen LogP) is 4.46. The molecule has 0 unspecified atom stereocenters. The van der Waals surface area contributed by atoms with E-state index in [2.05, 4.69) is 20.1 Å². The van der Waals surface area contributed by atoms with Crippen LogP contribution in [0.25, 0.3) is 28.3 Å². The average molecular weight is 486 g/mol. The van der Waals surface area contributed by atoms with E-state index < -0.39 is 27.7 Å². The molecule has 7 nitrogen and oxygen atoms in total. The van der Waals surface area contributed by atoms with Gasteiger partial charge in [0.2, 0.25) is 0 Å². The van der Waals surface area contributed by atoms with Crippen molar-refractivity contribution in [1.29, 1.82) is 0 Å². The third kappa shape index (κ3) is 4.02. The Bertz CT molecular complexity index is 1450. The molecule has 0 aliphatic rings. The molecule has 166 valence electrons. The Kier molecular flexibility index (Phi) is 5.37. The fraction of sp³-hybridized carbons (Fsp3) is 0.158. The lowest BCUT2D eigenvalue weighted by molar-refractivity contribution is -0.144. The fourth-order valence-corrected chi connectivity index (χ4v) is 4.08. The van der Waals surface area contributed by atoms with Crippen LogP contribution in [0.2, 0.25) is 5.02 Å². The summed E-state index contributed by atoms with van der Waals surface area (Å²) in [5.41, 5.74) is 0.553. The van der Waals surface area contributed by atoms with Crippen molar-refractivity contribution in [3.63, 3.8) is 0 Å². The number of fused-ring (bicyclic) bond motifs is 1. The van der Waals surface area contributed by atoms with Crippen LogP contribution in [-0.4, -0.2) is 38.7 Å². The van der Waals surface area contributed by atoms with Gasteiger partial charge >= 0.3 is 6.18 Å². The minimum absolute atomic E-state index is 0.0144. The Hall–Kier alpha value is -3.12. The lowest BCUT2D eigenvalue weighted by atomic mass is 10.1. The molecule has 0 radical (unpaired) electrons. The van der Waals surface area contributed by atoms with Crippen molar-refractivity contribution in [3.8, 4) is 22.5 Å². The molecule has 0 saturated heterocycles. The van der Waals surface area contributed by atoms with E-state index in [4.69, 9.17) is 11.6 Å². The van der Waals surface area contributed by atoms with Gasteiger partial charge in [0.15, 0.2) is 9.84 Å². The maximum Gasteiger partial charge on any atom is 0.453 e. The Morgan fingerprint density at radius 3 is 2.50 bits per heavy atom. The van der Waals surface area contributed by atoms with Gasteiger partial charge in [0, 0.05) is 18.0 Å². The summed E-state index contributed by atoms with van der Waals surface area (Å²) in [6.07, 6.45) is -2.28. The van der Waals surface area contributed by atoms with Gasteiger partial charge in [-0.05, 0) is 29.8 Å². The molecule has 0 N–H and O–H groups in total. The summed E-state index contributed by atoms with van der Waals surface area (Å²) in [4.78, 5) is 11.3. The molecule has 0 aliphatic heterocycles. The molecule has 0 amide bonds. The summed E-state index contributed by atoms with van der Waals surface area (Å²) in [5.74, 6) is -2.71. The second kappa shape index (κ2) is 7.78. The molecular formula is C19H12ClF4N5O2S. The summed E-state index contributed by atoms with van der Waals surface area (Å²) in [5, 5.41) is 3.21. The minimum atomic E-state index is -4.77. The number of halogens is 5. The van der Waals surface area contributed by atoms with Crippen molar-refractivity contribution < 1.29 is 26.0 Å². The van der Waals surface area contributed by atoms with Crippen LogP contribution in [0.4, 0.5) is 17.6 Å². The van der Waals surface area contributed by atoms with Crippen molar-refractivity contribution in [1.82, 2.24) is 24.6 Å². The maximum atomic E-state index is 13.9. The number of pyridine rings is 1. The Morgan fingerprint density at radius 1 is 1.09 bits per heavy atom. The zero-order valence-corrected chi connectivity index (χ0v) is 17.7. The molecule has 3 aromatic heterocycles. The average Bonchev–Trinajstić information content (AvgIpc) is 3.19. The first kappa shape index (κ1) is 22.1. The largest absolute Gasteiger partial charge is 0.453 e. The summed E-state index contributed by atoms with van der Waals surface area (Å²) < 4.78 is 78.8. The Labute approximate surface area is 183 Å². The van der Waals surface area contributed by atoms with Gasteiger partial charge in [-0.1, -0.05) is 24.6 Å². The van der Waals surface area contributed by atoms with E-state index in [0.717, 1.165) is 10.6 Å². The van der Waals surface area contributed by atoms with Gasteiger partial charge in [0.1, 0.15) is 11.5 Å². The van der Waals surface area contributed by atoms with E-state index in [1.807, 2.05) is 0 Å². The lowest BCUT2D eigenvalue weighted by Crippen LogP contribution is -2.08. The lowest BCUT2D eigenvalue weighted by Gasteiger charge is -2.11. The van der Waals surface area contributed by atoms with Crippen LogP contribution in [0.3, 0.4) is 0 Å². The van der Waals surface area contributed by atoms with E-state index >= 15 is 0 Å². The van der Waals surface area contributed by atoms with Crippen LogP contribution < -0.4 is 0 Å². The highest BCUT2D eigenvalue weighted by molar-refractivity contribution is 7.91. The number of aromatic nitrogens is 5. The van der Waals surface area contributed by atoms with Gasteiger partial charge in [0.05, 0.1) is 21.4 Å². The van der Waals surface area contributed by atoms with Crippen molar-refractivity contribution in [2.45, 2.75) is 18.0 Å². The van der Waals surface area contributed by atoms with Crippen LogP contribution in [-0.2, 0) is 16.0 Å². The number of nitrogens with zero attached hydrogens (tertiary/aromatic N) is 5. The summed E-state index contributed by atoms with van der Waals surface area (Å²) in [6, 6.07) is 6.55. The highest BCUT2D eigenvalue weighted by Crippen LogP contribution is 2.32. The SMILES string of the molecule is CCS(=O)(=O)c1cc(-c2ccc(Cl)c(F)c2)cnc1-c1ccn2nc(C(F)(F)F)nc2n1. The normalized spacial score (nSPS) is 12.4. The molecule has 0 atom stereocenters. The molecule has 13 heteroatoms. The molecule has 0 saturated carbocycles. The topological polar surface area (TPSA) is 90.1 Å². The molecule has 1 aromatic carbocycles. The number of hydrogen-bond acceptors (Lipinski definition) is 6. The van der Waals surface area contributed by atoms with Gasteiger partial charge in [0.25, 0.3) is 11.6 Å². The monoisotopic (exact) mass is 485 g/mol. The molecule has 32 heavy (non-hydrogen) atoms. The second-order valence-corrected chi connectivity index (χ2v) is 9.25. The number of sulfone groups is 1. The Balaban J connectivity index is 1.89. The minimum Gasteiger partial charge on any atom is -0.253 e. The number of rotatable bonds is 4. The molecule has 0 aliphatic carbocycles. The molecule has 0 spiro atoms. The molecule has 4 rings (SSSR count). The van der Waals surface area contributed by atoms with Crippen molar-refractivity contribution in [2.75, 3.05) is 5.75 Å². The predicted molar refractivity (Wildman–Crippen MR) is 107 cm³/mol. The van der Waals surface area contributed by atoms with E-state index in [0.29, 0.717) is 11.1 Å². The molecule has 0 bridgehead atoms. The van der Waals surface area contributed by atoms with Gasteiger partial charge in [-0.15, -0.1) is 5.10 Å². The summed E-state index contributed by atoms with van der Waals surface area (Å²) in [6.45, 7) is 1.43. The van der Waals surface area contributed by atoms with E-state index in [1.165, 1.54) is 43.6 Å². The molecule has 3 heterocycles. The van der Waals surface area contributed by atoms with E-state index in [9.17, 15) is 26.0 Å². The van der Waals surface area contributed by atoms with Crippen molar-refractivity contribution >= 4 is 27.2 Å². The third-order valence-corrected chi connectivity index (χ3v) is 6.57. The van der Waals surface area contributed by atoms with Crippen LogP contribution in [0, 0.1) is 5.82 Å². The highest BCUT2D eigenvalue weighted by Gasteiger charge is 2.36. The quantitative estimate of drug-likeness (QED) is 0.396. The fourth-order valence-electron chi connectivity index (χ4n) is 2.89. The van der Waals surface area contributed by atoms with E-state index in [-0.39, 0.29) is 32.8 Å². The first-order valence-corrected chi connectivity index (χ1v) is 11.0. The number of alkyl halides is 3. The zero-order valence-electron chi connectivity index (χ0n) is 16.1. The summed E-state index contributed by atoms with van der Waals surface area (Å²) >= 11 is 5.70. The van der Waals surface area contributed by atoms with Gasteiger partial charge < -0.3 is 0 Å². The summed E-state index contributed by atoms with van der Waals surface area (Å²) in [7, 11) is -3.84. The number of hydrogen-bond donors (Lipinski definition) is 0. The number of benzene rings is 1.